The van der Waals surface area contributed by atoms with Gasteiger partial charge in [-0.05, 0) is 27.8 Å². The van der Waals surface area contributed by atoms with Gasteiger partial charge in [0.05, 0.1) is 13.5 Å². The number of likely N-dealkylation sites (tertiary alicyclic amines) is 1. The van der Waals surface area contributed by atoms with E-state index in [1.807, 2.05) is 27.8 Å². The first-order valence-electron chi connectivity index (χ1n) is 7.91. The van der Waals surface area contributed by atoms with Crippen LogP contribution in [-0.4, -0.2) is 72.6 Å². The van der Waals surface area contributed by atoms with Gasteiger partial charge in [-0.15, -0.1) is 0 Å². The molecule has 7 heteroatoms. The molecule has 0 spiro atoms. The molecule has 3 atom stereocenters. The number of esters is 1. The monoisotopic (exact) mass is 326 g/mol. The quantitative estimate of drug-likeness (QED) is 0.706. The number of likely N-dealkylation sites (N-methyl/N-ethyl adjacent to an activating group) is 1. The van der Waals surface area contributed by atoms with E-state index in [1.54, 1.807) is 4.90 Å². The first kappa shape index (κ1) is 17.7. The number of piperazine rings is 1. The van der Waals surface area contributed by atoms with E-state index in [0.717, 1.165) is 0 Å². The lowest BCUT2D eigenvalue weighted by atomic mass is 9.80. The van der Waals surface area contributed by atoms with Crippen molar-refractivity contribution in [1.29, 1.82) is 0 Å². The van der Waals surface area contributed by atoms with E-state index < -0.39 is 17.5 Å². The number of ketones is 1. The number of hydrogen-bond acceptors (Lipinski definition) is 6. The second kappa shape index (κ2) is 6.47. The van der Waals surface area contributed by atoms with E-state index in [4.69, 9.17) is 9.47 Å². The van der Waals surface area contributed by atoms with Crippen molar-refractivity contribution >= 4 is 17.8 Å². The van der Waals surface area contributed by atoms with E-state index in [-0.39, 0.29) is 30.4 Å². The van der Waals surface area contributed by atoms with Crippen molar-refractivity contribution in [3.63, 3.8) is 0 Å². The molecule has 2 fully saturated rings. The Morgan fingerprint density at radius 1 is 1.26 bits per heavy atom. The van der Waals surface area contributed by atoms with E-state index in [9.17, 15) is 14.4 Å². The van der Waals surface area contributed by atoms with Crippen molar-refractivity contribution in [2.75, 3.05) is 27.2 Å². The summed E-state index contributed by atoms with van der Waals surface area (Å²) in [5, 5.41) is 0. The van der Waals surface area contributed by atoms with Crippen molar-refractivity contribution in [2.24, 2.45) is 5.92 Å². The Labute approximate surface area is 136 Å². The van der Waals surface area contributed by atoms with Crippen LogP contribution in [0.4, 0.5) is 4.79 Å². The average Bonchev–Trinajstić information content (AvgIpc) is 2.42. The highest BCUT2D eigenvalue weighted by molar-refractivity contribution is 5.87. The number of nitrogens with zero attached hydrogens (tertiary/aromatic N) is 2. The van der Waals surface area contributed by atoms with Crippen molar-refractivity contribution < 1.29 is 23.9 Å². The molecule has 0 radical (unpaired) electrons. The van der Waals surface area contributed by atoms with Gasteiger partial charge in [0.15, 0.2) is 0 Å². The molecule has 7 nitrogen and oxygen atoms in total. The molecule has 2 aliphatic rings. The second-order valence-electron chi connectivity index (χ2n) is 7.33. The van der Waals surface area contributed by atoms with Crippen molar-refractivity contribution in [1.82, 2.24) is 9.80 Å². The molecule has 23 heavy (non-hydrogen) atoms. The molecule has 2 rings (SSSR count). The molecule has 1 amide bonds. The number of ether oxygens (including phenoxy) is 2. The van der Waals surface area contributed by atoms with E-state index in [1.165, 1.54) is 7.11 Å². The van der Waals surface area contributed by atoms with Gasteiger partial charge in [-0.2, -0.15) is 0 Å². The number of Topliss-reactive ketones (excluding diaryl/α,β-unsaturated/α-hetero) is 1. The molecule has 0 aliphatic carbocycles. The fourth-order valence-corrected chi connectivity index (χ4v) is 3.29. The van der Waals surface area contributed by atoms with Crippen LogP contribution < -0.4 is 0 Å². The Morgan fingerprint density at radius 3 is 2.48 bits per heavy atom. The number of carbonyl (C=O) groups excluding carboxylic acids is 3. The van der Waals surface area contributed by atoms with E-state index in [2.05, 4.69) is 4.90 Å². The zero-order chi connectivity index (χ0) is 17.4. The maximum atomic E-state index is 12.3. The Hall–Kier alpha value is -1.63. The van der Waals surface area contributed by atoms with Crippen LogP contribution in [0.25, 0.3) is 0 Å². The van der Waals surface area contributed by atoms with Crippen molar-refractivity contribution in [3.8, 4) is 0 Å². The third-order valence-electron chi connectivity index (χ3n) is 4.52. The molecule has 2 aliphatic heterocycles. The third-order valence-corrected chi connectivity index (χ3v) is 4.52. The highest BCUT2D eigenvalue weighted by Crippen LogP contribution is 2.32. The Morgan fingerprint density at radius 2 is 1.91 bits per heavy atom. The largest absolute Gasteiger partial charge is 0.469 e. The van der Waals surface area contributed by atoms with Crippen LogP contribution in [0.3, 0.4) is 0 Å². The zero-order valence-electron chi connectivity index (χ0n) is 14.5. The summed E-state index contributed by atoms with van der Waals surface area (Å²) in [6.45, 7) is 6.33. The van der Waals surface area contributed by atoms with Crippen LogP contribution in [-0.2, 0) is 19.1 Å². The predicted octanol–water partition coefficient (Wildman–Crippen LogP) is 1.06. The summed E-state index contributed by atoms with van der Waals surface area (Å²) in [4.78, 5) is 40.0. The Kier molecular flexibility index (Phi) is 4.98. The number of rotatable bonds is 2. The molecule has 0 unspecified atom stereocenters. The maximum Gasteiger partial charge on any atom is 0.410 e. The second-order valence-corrected chi connectivity index (χ2v) is 7.33. The molecule has 0 aromatic rings. The van der Waals surface area contributed by atoms with Gasteiger partial charge in [-0.1, -0.05) is 0 Å². The zero-order valence-corrected chi connectivity index (χ0v) is 14.5. The maximum absolute atomic E-state index is 12.3. The first-order chi connectivity index (χ1) is 10.6. The van der Waals surface area contributed by atoms with Gasteiger partial charge in [0.1, 0.15) is 11.4 Å². The van der Waals surface area contributed by atoms with Gasteiger partial charge in [0, 0.05) is 37.5 Å². The Bertz CT molecular complexity index is 499. The molecular weight excluding hydrogens is 300 g/mol. The SMILES string of the molecule is COC(=O)C[C@@H]1C(=O)C[C@@H]2CN(C(=O)OC(C)(C)C)C[C@H]1N2C. The number of piperidine rings is 1. The molecule has 0 aromatic carbocycles. The van der Waals surface area contributed by atoms with Crippen molar-refractivity contribution in [3.05, 3.63) is 0 Å². The lowest BCUT2D eigenvalue weighted by Gasteiger charge is -2.50. The number of amides is 1. The number of hydrogen-bond donors (Lipinski definition) is 0. The minimum atomic E-state index is -0.559. The third kappa shape index (κ3) is 4.02. The van der Waals surface area contributed by atoms with Gasteiger partial charge in [0.2, 0.25) is 0 Å². The molecule has 0 N–H and O–H groups in total. The van der Waals surface area contributed by atoms with Gasteiger partial charge in [-0.3, -0.25) is 14.5 Å². The van der Waals surface area contributed by atoms with E-state index >= 15 is 0 Å². The van der Waals surface area contributed by atoms with Crippen LogP contribution in [0.2, 0.25) is 0 Å². The van der Waals surface area contributed by atoms with Crippen LogP contribution in [0.15, 0.2) is 0 Å². The molecule has 0 saturated carbocycles. The normalized spacial score (nSPS) is 28.5. The average molecular weight is 326 g/mol. The number of methoxy groups -OCH3 is 1. The lowest BCUT2D eigenvalue weighted by Crippen LogP contribution is -2.65. The van der Waals surface area contributed by atoms with Crippen LogP contribution in [0.5, 0.6) is 0 Å². The van der Waals surface area contributed by atoms with Gasteiger partial charge in [-0.25, -0.2) is 4.79 Å². The van der Waals surface area contributed by atoms with Gasteiger partial charge < -0.3 is 14.4 Å². The summed E-state index contributed by atoms with van der Waals surface area (Å²) in [6, 6.07) is -0.204. The standard InChI is InChI=1S/C16H26N2O5/c1-16(2,3)23-15(21)18-8-10-6-13(19)11(7-14(20)22-5)12(9-18)17(10)4/h10-12H,6-9H2,1-5H3/t10-,11+,12-/m1/s1. The summed E-state index contributed by atoms with van der Waals surface area (Å²) in [5.74, 6) is -0.758. The van der Waals surface area contributed by atoms with E-state index in [0.29, 0.717) is 19.5 Å². The fraction of sp³-hybridized carbons (Fsp3) is 0.812. The van der Waals surface area contributed by atoms with Crippen LogP contribution >= 0.6 is 0 Å². The van der Waals surface area contributed by atoms with Crippen LogP contribution in [0, 0.1) is 5.92 Å². The molecule has 130 valence electrons. The molecule has 0 aromatic heterocycles. The predicted molar refractivity (Wildman–Crippen MR) is 82.9 cm³/mol. The smallest absolute Gasteiger partial charge is 0.410 e. The molecule has 2 saturated heterocycles. The summed E-state index contributed by atoms with van der Waals surface area (Å²) in [6.07, 6.45) is 0.0273. The minimum absolute atomic E-state index is 0.0253. The number of fused-ring (bicyclic) bond motifs is 2. The van der Waals surface area contributed by atoms with Gasteiger partial charge in [0.25, 0.3) is 0 Å². The summed E-state index contributed by atoms with van der Waals surface area (Å²) >= 11 is 0. The Balaban J connectivity index is 2.13. The summed E-state index contributed by atoms with van der Waals surface area (Å²) in [7, 11) is 3.26. The highest BCUT2D eigenvalue weighted by atomic mass is 16.6. The highest BCUT2D eigenvalue weighted by Gasteiger charge is 2.47. The topological polar surface area (TPSA) is 76.2 Å². The summed E-state index contributed by atoms with van der Waals surface area (Å²) < 4.78 is 10.1. The van der Waals surface area contributed by atoms with Gasteiger partial charge >= 0.3 is 12.1 Å². The number of carbonyl (C=O) groups is 3. The van der Waals surface area contributed by atoms with Crippen molar-refractivity contribution in [2.45, 2.75) is 51.3 Å². The minimum Gasteiger partial charge on any atom is -0.469 e. The molecular formula is C16H26N2O5. The molecule has 2 heterocycles. The van der Waals surface area contributed by atoms with Crippen LogP contribution in [0.1, 0.15) is 33.6 Å². The lowest BCUT2D eigenvalue weighted by molar-refractivity contribution is -0.149. The first-order valence-corrected chi connectivity index (χ1v) is 7.91. The fourth-order valence-electron chi connectivity index (χ4n) is 3.29. The molecule has 2 bridgehead atoms. The summed E-state index contributed by atoms with van der Waals surface area (Å²) in [5.41, 5.74) is -0.559.